The van der Waals surface area contributed by atoms with E-state index in [1.54, 1.807) is 0 Å². The summed E-state index contributed by atoms with van der Waals surface area (Å²) in [6.45, 7) is 12.9. The molecule has 0 radical (unpaired) electrons. The molecule has 2 atom stereocenters. The molecule has 268 valence electrons. The molecule has 0 aromatic heterocycles. The van der Waals surface area contributed by atoms with E-state index < -0.39 is 0 Å². The van der Waals surface area contributed by atoms with Crippen LogP contribution in [0.2, 0.25) is 0 Å². The van der Waals surface area contributed by atoms with Gasteiger partial charge in [-0.25, -0.2) is 0 Å². The van der Waals surface area contributed by atoms with Crippen LogP contribution in [0.1, 0.15) is 201 Å². The van der Waals surface area contributed by atoms with Gasteiger partial charge in [0.25, 0.3) is 0 Å². The molecule has 0 saturated carbocycles. The fraction of sp³-hybridized carbons (Fsp3) is 0.949. The van der Waals surface area contributed by atoms with Gasteiger partial charge in [-0.2, -0.15) is 0 Å². The monoisotopic (exact) mass is 639 g/mol. The highest BCUT2D eigenvalue weighted by Crippen LogP contribution is 2.16. The van der Waals surface area contributed by atoms with Crippen molar-refractivity contribution in [3.05, 3.63) is 0 Å². The van der Waals surface area contributed by atoms with E-state index in [0.717, 1.165) is 70.9 Å². The molecule has 0 rings (SSSR count). The zero-order valence-electron chi connectivity index (χ0n) is 30.7. The first kappa shape index (κ1) is 43.9. The normalized spacial score (nSPS) is 12.8. The van der Waals surface area contributed by atoms with Crippen molar-refractivity contribution in [1.29, 1.82) is 0 Å². The molecule has 6 heteroatoms. The Morgan fingerprint density at radius 2 is 0.844 bits per heavy atom. The Kier molecular flexibility index (Phi) is 33.3. The Labute approximate surface area is 280 Å². The van der Waals surface area contributed by atoms with E-state index in [0.29, 0.717) is 12.8 Å². The Bertz CT molecular complexity index is 595. The van der Waals surface area contributed by atoms with Crippen LogP contribution in [0.5, 0.6) is 0 Å². The zero-order chi connectivity index (χ0) is 33.2. The minimum atomic E-state index is 0.00138. The van der Waals surface area contributed by atoms with E-state index in [1.807, 2.05) is 0 Å². The van der Waals surface area contributed by atoms with Crippen molar-refractivity contribution < 1.29 is 19.1 Å². The van der Waals surface area contributed by atoms with Gasteiger partial charge >= 0.3 is 11.9 Å². The number of carbonyl (C=O) groups is 2. The van der Waals surface area contributed by atoms with E-state index in [9.17, 15) is 9.59 Å². The van der Waals surface area contributed by atoms with Crippen molar-refractivity contribution >= 4 is 11.9 Å². The van der Waals surface area contributed by atoms with Gasteiger partial charge in [0.15, 0.2) is 0 Å². The highest BCUT2D eigenvalue weighted by atomic mass is 16.5. The lowest BCUT2D eigenvalue weighted by atomic mass is 10.1. The fourth-order valence-corrected chi connectivity index (χ4v) is 6.05. The molecule has 0 amide bonds. The Hall–Kier alpha value is -1.14. The second kappa shape index (κ2) is 34.2. The maximum absolute atomic E-state index is 12.2. The van der Waals surface area contributed by atoms with Gasteiger partial charge in [-0.15, -0.1) is 0 Å². The largest absolute Gasteiger partial charge is 0.462 e. The maximum Gasteiger partial charge on any atom is 0.306 e. The quantitative estimate of drug-likeness (QED) is 0.0549. The molecular formula is C39H78N2O4. The maximum atomic E-state index is 12.2. The number of unbranched alkanes of at least 4 members (excludes halogenated alkanes) is 16. The lowest BCUT2D eigenvalue weighted by Gasteiger charge is -2.22. The number of nitrogens with two attached hydrogens (primary N) is 1. The van der Waals surface area contributed by atoms with Crippen molar-refractivity contribution in [3.63, 3.8) is 0 Å². The molecule has 0 saturated heterocycles. The predicted molar refractivity (Wildman–Crippen MR) is 193 cm³/mol. The summed E-state index contributed by atoms with van der Waals surface area (Å²) in [6.07, 6.45) is 30.3. The summed E-state index contributed by atoms with van der Waals surface area (Å²) in [5, 5.41) is 0. The first-order valence-corrected chi connectivity index (χ1v) is 19.8. The topological polar surface area (TPSA) is 81.9 Å². The van der Waals surface area contributed by atoms with Gasteiger partial charge in [0, 0.05) is 12.8 Å². The summed E-state index contributed by atoms with van der Waals surface area (Å²) in [6, 6.07) is 0. The zero-order valence-corrected chi connectivity index (χ0v) is 30.7. The Morgan fingerprint density at radius 3 is 1.22 bits per heavy atom. The molecule has 0 heterocycles. The molecule has 0 bridgehead atoms. The van der Waals surface area contributed by atoms with Gasteiger partial charge in [-0.3, -0.25) is 9.59 Å². The Balaban J connectivity index is 3.84. The molecule has 0 fully saturated rings. The lowest BCUT2D eigenvalue weighted by Crippen LogP contribution is -2.28. The highest BCUT2D eigenvalue weighted by molar-refractivity contribution is 5.69. The number of rotatable bonds is 35. The van der Waals surface area contributed by atoms with Crippen LogP contribution >= 0.6 is 0 Å². The number of nitrogens with zero attached hydrogens (tertiary/aromatic N) is 1. The van der Waals surface area contributed by atoms with Gasteiger partial charge < -0.3 is 20.1 Å². The molecule has 0 aromatic carbocycles. The van der Waals surface area contributed by atoms with E-state index in [1.165, 1.54) is 116 Å². The van der Waals surface area contributed by atoms with Crippen molar-refractivity contribution in [1.82, 2.24) is 4.90 Å². The molecule has 2 N–H and O–H groups in total. The first-order chi connectivity index (χ1) is 22.0. The van der Waals surface area contributed by atoms with Gasteiger partial charge in [-0.1, -0.05) is 118 Å². The molecule has 0 aromatic rings. The molecule has 0 aliphatic heterocycles. The first-order valence-electron chi connectivity index (χ1n) is 19.8. The molecular weight excluding hydrogens is 560 g/mol. The number of hydrogen-bond donors (Lipinski definition) is 1. The van der Waals surface area contributed by atoms with E-state index in [-0.39, 0.29) is 24.1 Å². The molecule has 0 aliphatic rings. The van der Waals surface area contributed by atoms with Crippen molar-refractivity contribution in [2.24, 2.45) is 5.73 Å². The van der Waals surface area contributed by atoms with Gasteiger partial charge in [0.05, 0.1) is 0 Å². The average molecular weight is 639 g/mol. The second-order valence-corrected chi connectivity index (χ2v) is 13.5. The van der Waals surface area contributed by atoms with E-state index in [4.69, 9.17) is 15.2 Å². The van der Waals surface area contributed by atoms with Gasteiger partial charge in [0.1, 0.15) is 12.2 Å². The summed E-state index contributed by atoms with van der Waals surface area (Å²) in [7, 11) is 0. The average Bonchev–Trinajstić information content (AvgIpc) is 3.04. The number of carbonyl (C=O) groups excluding carboxylic acids is 2. The molecule has 45 heavy (non-hydrogen) atoms. The van der Waals surface area contributed by atoms with Gasteiger partial charge in [-0.05, 0) is 96.8 Å². The van der Waals surface area contributed by atoms with Crippen LogP contribution in [-0.4, -0.2) is 55.2 Å². The Morgan fingerprint density at radius 1 is 0.489 bits per heavy atom. The van der Waals surface area contributed by atoms with E-state index >= 15 is 0 Å². The van der Waals surface area contributed by atoms with Crippen molar-refractivity contribution in [2.75, 3.05) is 26.2 Å². The molecule has 2 unspecified atom stereocenters. The fourth-order valence-electron chi connectivity index (χ4n) is 6.05. The number of hydrogen-bond acceptors (Lipinski definition) is 6. The van der Waals surface area contributed by atoms with Crippen LogP contribution in [0.15, 0.2) is 0 Å². The third kappa shape index (κ3) is 30.0. The minimum Gasteiger partial charge on any atom is -0.462 e. The molecule has 6 nitrogen and oxygen atoms in total. The number of ether oxygens (including phenoxy) is 2. The van der Waals surface area contributed by atoms with Crippen LogP contribution in [0, 0.1) is 0 Å². The standard InChI is InChI=1S/C39H78N2O4/c1-5-9-11-21-28-36(7-3)44-38(42)30-23-17-13-15-19-25-33-41(35-27-32-40)34-26-20-16-14-18-24-31-39(43)45-37(8-4)29-22-12-10-6-2/h36-37H,5-35,40H2,1-4H3. The summed E-state index contributed by atoms with van der Waals surface area (Å²) in [4.78, 5) is 27.1. The summed E-state index contributed by atoms with van der Waals surface area (Å²) < 4.78 is 11.4. The van der Waals surface area contributed by atoms with Gasteiger partial charge in [0.2, 0.25) is 0 Å². The van der Waals surface area contributed by atoms with Crippen molar-refractivity contribution in [2.45, 2.75) is 213 Å². The summed E-state index contributed by atoms with van der Waals surface area (Å²) in [5.74, 6) is 0.00276. The van der Waals surface area contributed by atoms with Crippen LogP contribution in [-0.2, 0) is 19.1 Å². The lowest BCUT2D eigenvalue weighted by molar-refractivity contribution is -0.150. The summed E-state index contributed by atoms with van der Waals surface area (Å²) in [5.41, 5.74) is 5.81. The predicted octanol–water partition coefficient (Wildman–Crippen LogP) is 10.7. The second-order valence-electron chi connectivity index (χ2n) is 13.5. The molecule has 0 aliphatic carbocycles. The SMILES string of the molecule is CCCCCCC(CC)OC(=O)CCCCCCCCN(CCCN)CCCCCCCCC(=O)OC(CC)CCCCCC. The van der Waals surface area contributed by atoms with E-state index in [2.05, 4.69) is 32.6 Å². The minimum absolute atomic E-state index is 0.00138. The van der Waals surface area contributed by atoms with Crippen LogP contribution < -0.4 is 5.73 Å². The third-order valence-corrected chi connectivity index (χ3v) is 9.16. The summed E-state index contributed by atoms with van der Waals surface area (Å²) >= 11 is 0. The van der Waals surface area contributed by atoms with Crippen LogP contribution in [0.3, 0.4) is 0 Å². The van der Waals surface area contributed by atoms with Crippen molar-refractivity contribution in [3.8, 4) is 0 Å². The highest BCUT2D eigenvalue weighted by Gasteiger charge is 2.13. The third-order valence-electron chi connectivity index (χ3n) is 9.16. The smallest absolute Gasteiger partial charge is 0.306 e. The molecule has 0 spiro atoms. The van der Waals surface area contributed by atoms with Crippen LogP contribution in [0.4, 0.5) is 0 Å². The van der Waals surface area contributed by atoms with Crippen LogP contribution in [0.25, 0.3) is 0 Å². The number of esters is 2.